The molecule has 2 rings (SSSR count). The molecule has 0 aromatic heterocycles. The summed E-state index contributed by atoms with van der Waals surface area (Å²) in [5.74, 6) is -0.502. The van der Waals surface area contributed by atoms with Gasteiger partial charge < -0.3 is 0 Å². The average Bonchev–Trinajstić information content (AvgIpc) is 2.69. The van der Waals surface area contributed by atoms with Crippen LogP contribution in [-0.4, -0.2) is 25.8 Å². The van der Waals surface area contributed by atoms with Gasteiger partial charge in [0.1, 0.15) is 5.82 Å². The molecule has 3 nitrogen and oxygen atoms in total. The molecule has 1 aromatic carbocycles. The molecule has 1 saturated heterocycles. The quantitative estimate of drug-likeness (QED) is 0.795. The third-order valence-corrected chi connectivity index (χ3v) is 4.59. The summed E-state index contributed by atoms with van der Waals surface area (Å²) >= 11 is 0. The van der Waals surface area contributed by atoms with Crippen LogP contribution in [0.4, 0.5) is 4.39 Å². The van der Waals surface area contributed by atoms with Gasteiger partial charge in [0.15, 0.2) is 0 Å². The Morgan fingerprint density at radius 2 is 1.81 bits per heavy atom. The smallest absolute Gasteiger partial charge is 0.207 e. The molecule has 1 heterocycles. The molecule has 0 radical (unpaired) electrons. The monoisotopic (exact) mass is 243 g/mol. The molecule has 0 unspecified atom stereocenters. The molecule has 0 N–H and O–H groups in total. The Morgan fingerprint density at radius 3 is 2.38 bits per heavy atom. The fourth-order valence-electron chi connectivity index (χ4n) is 1.93. The lowest BCUT2D eigenvalue weighted by Gasteiger charge is -2.15. The highest BCUT2D eigenvalue weighted by molar-refractivity contribution is 7.89. The molecule has 0 saturated carbocycles. The maximum Gasteiger partial charge on any atom is 0.243 e. The number of hydrogen-bond donors (Lipinski definition) is 0. The van der Waals surface area contributed by atoms with E-state index in [0.717, 1.165) is 18.9 Å². The zero-order valence-corrected chi connectivity index (χ0v) is 9.93. The Kier molecular flexibility index (Phi) is 2.99. The van der Waals surface area contributed by atoms with Gasteiger partial charge in [0.05, 0.1) is 4.90 Å². The highest BCUT2D eigenvalue weighted by Crippen LogP contribution is 2.22. The Morgan fingerprint density at radius 1 is 1.19 bits per heavy atom. The van der Waals surface area contributed by atoms with Gasteiger partial charge in [-0.15, -0.1) is 0 Å². The van der Waals surface area contributed by atoms with E-state index in [9.17, 15) is 12.8 Å². The zero-order chi connectivity index (χ0) is 11.8. The van der Waals surface area contributed by atoms with Gasteiger partial charge in [-0.2, -0.15) is 4.31 Å². The first-order valence-electron chi connectivity index (χ1n) is 5.27. The molecule has 0 bridgehead atoms. The summed E-state index contributed by atoms with van der Waals surface area (Å²) < 4.78 is 38.8. The number of hydrogen-bond acceptors (Lipinski definition) is 2. The summed E-state index contributed by atoms with van der Waals surface area (Å²) in [6, 6.07) is 3.92. The average molecular weight is 243 g/mol. The summed E-state index contributed by atoms with van der Waals surface area (Å²) in [4.78, 5) is 0.0619. The minimum absolute atomic E-state index is 0.0619. The number of sulfonamides is 1. The van der Waals surface area contributed by atoms with E-state index in [0.29, 0.717) is 18.7 Å². The lowest BCUT2D eigenvalue weighted by molar-refractivity contribution is 0.476. The van der Waals surface area contributed by atoms with Gasteiger partial charge in [-0.1, -0.05) is 0 Å². The van der Waals surface area contributed by atoms with Crippen molar-refractivity contribution in [2.75, 3.05) is 13.1 Å². The van der Waals surface area contributed by atoms with Crippen LogP contribution in [0.5, 0.6) is 0 Å². The van der Waals surface area contributed by atoms with E-state index >= 15 is 0 Å². The van der Waals surface area contributed by atoms with Gasteiger partial charge in [-0.25, -0.2) is 12.8 Å². The molecule has 1 aliphatic rings. The van der Waals surface area contributed by atoms with Crippen LogP contribution in [-0.2, 0) is 10.0 Å². The SMILES string of the molecule is Cc1cc(F)cc(S(=O)(=O)N2CCCC2)c1. The topological polar surface area (TPSA) is 37.4 Å². The lowest BCUT2D eigenvalue weighted by atomic mass is 10.2. The van der Waals surface area contributed by atoms with E-state index in [1.165, 1.54) is 16.4 Å². The Bertz CT molecular complexity index is 472. The van der Waals surface area contributed by atoms with Crippen LogP contribution in [0.3, 0.4) is 0 Å². The van der Waals surface area contributed by atoms with Gasteiger partial charge in [-0.3, -0.25) is 0 Å². The largest absolute Gasteiger partial charge is 0.243 e. The van der Waals surface area contributed by atoms with Crippen molar-refractivity contribution in [2.24, 2.45) is 0 Å². The molecular weight excluding hydrogens is 229 g/mol. The van der Waals surface area contributed by atoms with Crippen molar-refractivity contribution in [2.45, 2.75) is 24.7 Å². The number of benzene rings is 1. The van der Waals surface area contributed by atoms with E-state index in [4.69, 9.17) is 0 Å². The molecular formula is C11H14FNO2S. The van der Waals surface area contributed by atoms with Crippen molar-refractivity contribution in [3.63, 3.8) is 0 Å². The van der Waals surface area contributed by atoms with Crippen molar-refractivity contribution in [3.05, 3.63) is 29.6 Å². The summed E-state index contributed by atoms with van der Waals surface area (Å²) in [6.07, 6.45) is 1.76. The van der Waals surface area contributed by atoms with Crippen molar-refractivity contribution in [3.8, 4) is 0 Å². The predicted molar refractivity (Wildman–Crippen MR) is 59.1 cm³/mol. The van der Waals surface area contributed by atoms with Crippen LogP contribution >= 0.6 is 0 Å². The molecule has 0 amide bonds. The van der Waals surface area contributed by atoms with Crippen molar-refractivity contribution >= 4 is 10.0 Å². The first-order chi connectivity index (χ1) is 7.50. The first kappa shape index (κ1) is 11.5. The number of nitrogens with zero attached hydrogens (tertiary/aromatic N) is 1. The molecule has 0 aliphatic carbocycles. The van der Waals surface area contributed by atoms with Crippen molar-refractivity contribution < 1.29 is 12.8 Å². The minimum atomic E-state index is -3.49. The highest BCUT2D eigenvalue weighted by Gasteiger charge is 2.27. The van der Waals surface area contributed by atoms with Crippen molar-refractivity contribution in [1.29, 1.82) is 0 Å². The molecule has 16 heavy (non-hydrogen) atoms. The lowest BCUT2D eigenvalue weighted by Crippen LogP contribution is -2.28. The zero-order valence-electron chi connectivity index (χ0n) is 9.11. The summed E-state index contributed by atoms with van der Waals surface area (Å²) in [5.41, 5.74) is 0.623. The van der Waals surface area contributed by atoms with Gasteiger partial charge in [0.2, 0.25) is 10.0 Å². The Hall–Kier alpha value is -0.940. The second-order valence-corrected chi connectivity index (χ2v) is 6.01. The normalized spacial score (nSPS) is 17.9. The molecule has 0 atom stereocenters. The van der Waals surface area contributed by atoms with Crippen LogP contribution in [0.25, 0.3) is 0 Å². The standard InChI is InChI=1S/C11H14FNO2S/c1-9-6-10(12)8-11(7-9)16(14,15)13-4-2-3-5-13/h6-8H,2-5H2,1H3. The fraction of sp³-hybridized carbons (Fsp3) is 0.455. The van der Waals surface area contributed by atoms with E-state index in [-0.39, 0.29) is 4.90 Å². The van der Waals surface area contributed by atoms with Crippen LogP contribution < -0.4 is 0 Å². The van der Waals surface area contributed by atoms with Crippen molar-refractivity contribution in [1.82, 2.24) is 4.31 Å². The Balaban J connectivity index is 2.42. The van der Waals surface area contributed by atoms with E-state index in [1.807, 2.05) is 0 Å². The third-order valence-electron chi connectivity index (χ3n) is 2.72. The predicted octanol–water partition coefficient (Wildman–Crippen LogP) is 1.92. The second-order valence-electron chi connectivity index (χ2n) is 4.08. The van der Waals surface area contributed by atoms with Gasteiger partial charge >= 0.3 is 0 Å². The summed E-state index contributed by atoms with van der Waals surface area (Å²) in [6.45, 7) is 2.77. The molecule has 88 valence electrons. The summed E-state index contributed by atoms with van der Waals surface area (Å²) in [7, 11) is -3.49. The van der Waals surface area contributed by atoms with Crippen LogP contribution in [0.1, 0.15) is 18.4 Å². The van der Waals surface area contributed by atoms with Gasteiger partial charge in [0, 0.05) is 13.1 Å². The number of rotatable bonds is 2. The second kappa shape index (κ2) is 4.14. The van der Waals surface area contributed by atoms with Crippen LogP contribution in [0.15, 0.2) is 23.1 Å². The maximum atomic E-state index is 13.2. The molecule has 1 aliphatic heterocycles. The number of halogens is 1. The van der Waals surface area contributed by atoms with E-state index < -0.39 is 15.8 Å². The van der Waals surface area contributed by atoms with E-state index in [2.05, 4.69) is 0 Å². The molecule has 0 spiro atoms. The van der Waals surface area contributed by atoms with Crippen LogP contribution in [0.2, 0.25) is 0 Å². The van der Waals surface area contributed by atoms with Crippen LogP contribution in [0, 0.1) is 12.7 Å². The Labute approximate surface area is 94.9 Å². The number of aryl methyl sites for hydroxylation is 1. The fourth-order valence-corrected chi connectivity index (χ4v) is 3.56. The maximum absolute atomic E-state index is 13.2. The minimum Gasteiger partial charge on any atom is -0.207 e. The van der Waals surface area contributed by atoms with E-state index in [1.54, 1.807) is 6.92 Å². The van der Waals surface area contributed by atoms with Gasteiger partial charge in [0.25, 0.3) is 0 Å². The highest BCUT2D eigenvalue weighted by atomic mass is 32.2. The molecule has 1 aromatic rings. The molecule has 5 heteroatoms. The summed E-state index contributed by atoms with van der Waals surface area (Å²) in [5, 5.41) is 0. The molecule has 1 fully saturated rings. The van der Waals surface area contributed by atoms with Gasteiger partial charge in [-0.05, 0) is 43.5 Å². The third kappa shape index (κ3) is 2.10. The first-order valence-corrected chi connectivity index (χ1v) is 6.71.